The highest BCUT2D eigenvalue weighted by molar-refractivity contribution is 9.10. The van der Waals surface area contributed by atoms with E-state index >= 15 is 0 Å². The fourth-order valence-corrected chi connectivity index (χ4v) is 2.84. The molecule has 0 bridgehead atoms. The zero-order valence-electron chi connectivity index (χ0n) is 13.6. The van der Waals surface area contributed by atoms with Crippen molar-refractivity contribution >= 4 is 39.9 Å². The van der Waals surface area contributed by atoms with Gasteiger partial charge in [0.1, 0.15) is 0 Å². The first-order valence-electron chi connectivity index (χ1n) is 8.07. The summed E-state index contributed by atoms with van der Waals surface area (Å²) in [6.07, 6.45) is 3.12. The van der Waals surface area contributed by atoms with Gasteiger partial charge in [0, 0.05) is 29.9 Å². The first-order valence-corrected chi connectivity index (χ1v) is 8.87. The summed E-state index contributed by atoms with van der Waals surface area (Å²) in [5.74, 6) is 0.283. The van der Waals surface area contributed by atoms with Crippen LogP contribution in [0.15, 0.2) is 28.7 Å². The zero-order chi connectivity index (χ0) is 15.8. The lowest BCUT2D eigenvalue weighted by molar-refractivity contribution is -0.122. The summed E-state index contributed by atoms with van der Waals surface area (Å²) in [6, 6.07) is 7.91. The third kappa shape index (κ3) is 6.42. The molecule has 1 saturated heterocycles. The fourth-order valence-electron chi connectivity index (χ4n) is 2.58. The van der Waals surface area contributed by atoms with Crippen LogP contribution in [-0.2, 0) is 9.53 Å². The van der Waals surface area contributed by atoms with Crippen molar-refractivity contribution in [2.75, 3.05) is 37.7 Å². The minimum absolute atomic E-state index is 0. The zero-order valence-corrected chi connectivity index (χ0v) is 16.0. The van der Waals surface area contributed by atoms with Gasteiger partial charge < -0.3 is 15.0 Å². The van der Waals surface area contributed by atoms with E-state index in [0.29, 0.717) is 13.2 Å². The van der Waals surface area contributed by atoms with Gasteiger partial charge in [-0.25, -0.2) is 0 Å². The second-order valence-electron chi connectivity index (χ2n) is 5.62. The van der Waals surface area contributed by atoms with Crippen LogP contribution < -0.4 is 10.2 Å². The summed E-state index contributed by atoms with van der Waals surface area (Å²) in [5.41, 5.74) is 0.944. The number of amides is 1. The Kier molecular flexibility index (Phi) is 9.79. The van der Waals surface area contributed by atoms with Gasteiger partial charge in [0.05, 0.1) is 12.5 Å². The number of halogens is 2. The van der Waals surface area contributed by atoms with E-state index in [2.05, 4.69) is 28.2 Å². The summed E-state index contributed by atoms with van der Waals surface area (Å²) in [5, 5.41) is 3.27. The van der Waals surface area contributed by atoms with Crippen LogP contribution in [0.25, 0.3) is 0 Å². The minimum Gasteiger partial charge on any atom is -0.380 e. The van der Waals surface area contributed by atoms with Gasteiger partial charge in [0.15, 0.2) is 0 Å². The Morgan fingerprint density at radius 1 is 1.35 bits per heavy atom. The number of rotatable bonds is 8. The molecule has 2 rings (SSSR count). The highest BCUT2D eigenvalue weighted by Gasteiger charge is 2.27. The number of hydrogen-bond acceptors (Lipinski definition) is 3. The lowest BCUT2D eigenvalue weighted by Gasteiger charge is -2.25. The molecule has 1 amide bonds. The van der Waals surface area contributed by atoms with Crippen molar-refractivity contribution in [3.63, 3.8) is 0 Å². The third-order valence-corrected chi connectivity index (χ3v) is 4.44. The number of ether oxygens (including phenoxy) is 1. The van der Waals surface area contributed by atoms with E-state index < -0.39 is 0 Å². The molecule has 1 unspecified atom stereocenters. The molecule has 23 heavy (non-hydrogen) atoms. The molecule has 1 fully saturated rings. The quantitative estimate of drug-likeness (QED) is 0.672. The molecule has 1 heterocycles. The average molecular weight is 406 g/mol. The third-order valence-electron chi connectivity index (χ3n) is 3.92. The summed E-state index contributed by atoms with van der Waals surface area (Å²) in [7, 11) is 0. The number of carbonyl (C=O) groups excluding carboxylic acids is 1. The molecule has 130 valence electrons. The van der Waals surface area contributed by atoms with Crippen molar-refractivity contribution < 1.29 is 9.53 Å². The number of anilines is 1. The maximum absolute atomic E-state index is 12.8. The van der Waals surface area contributed by atoms with E-state index in [9.17, 15) is 4.79 Å². The van der Waals surface area contributed by atoms with Gasteiger partial charge in [0.25, 0.3) is 0 Å². The van der Waals surface area contributed by atoms with Crippen LogP contribution in [0.4, 0.5) is 5.69 Å². The molecule has 1 aliphatic rings. The van der Waals surface area contributed by atoms with Crippen molar-refractivity contribution in [3.8, 4) is 0 Å². The van der Waals surface area contributed by atoms with E-state index in [1.54, 1.807) is 0 Å². The topological polar surface area (TPSA) is 41.6 Å². The monoisotopic (exact) mass is 404 g/mol. The molecule has 4 nitrogen and oxygen atoms in total. The van der Waals surface area contributed by atoms with Gasteiger partial charge >= 0.3 is 0 Å². The smallest absolute Gasteiger partial charge is 0.231 e. The first kappa shape index (κ1) is 20.4. The molecule has 0 saturated carbocycles. The lowest BCUT2D eigenvalue weighted by atomic mass is 10.1. The molecule has 6 heteroatoms. The maximum atomic E-state index is 12.8. The van der Waals surface area contributed by atoms with Gasteiger partial charge in [-0.1, -0.05) is 29.3 Å². The van der Waals surface area contributed by atoms with Gasteiger partial charge in [-0.2, -0.15) is 0 Å². The fraction of sp³-hybridized carbons (Fsp3) is 0.588. The van der Waals surface area contributed by atoms with Crippen LogP contribution in [-0.4, -0.2) is 38.8 Å². The normalized spacial score (nSPS) is 16.9. The summed E-state index contributed by atoms with van der Waals surface area (Å²) >= 11 is 3.44. The Morgan fingerprint density at radius 2 is 2.09 bits per heavy atom. The van der Waals surface area contributed by atoms with E-state index in [4.69, 9.17) is 4.74 Å². The molecule has 1 aromatic carbocycles. The summed E-state index contributed by atoms with van der Waals surface area (Å²) in [6.45, 7) is 5.82. The lowest BCUT2D eigenvalue weighted by Crippen LogP contribution is -2.39. The highest BCUT2D eigenvalue weighted by atomic mass is 79.9. The van der Waals surface area contributed by atoms with Crippen molar-refractivity contribution in [1.29, 1.82) is 0 Å². The number of carbonyl (C=O) groups is 1. The van der Waals surface area contributed by atoms with Gasteiger partial charge in [-0.3, -0.25) is 4.79 Å². The minimum atomic E-state index is 0. The maximum Gasteiger partial charge on any atom is 0.231 e. The molecule has 1 aliphatic heterocycles. The van der Waals surface area contributed by atoms with Gasteiger partial charge in [-0.15, -0.1) is 12.4 Å². The average Bonchev–Trinajstić information content (AvgIpc) is 3.06. The second-order valence-corrected chi connectivity index (χ2v) is 6.54. The van der Waals surface area contributed by atoms with Gasteiger partial charge in [-0.05, 0) is 43.7 Å². The SMILES string of the molecule is CCCCOCCN(C(=O)C1CCNC1)c1ccc(Br)cc1.Cl. The predicted octanol–water partition coefficient (Wildman–Crippen LogP) is 3.63. The number of nitrogens with one attached hydrogen (secondary N) is 1. The molecule has 0 aliphatic carbocycles. The predicted molar refractivity (Wildman–Crippen MR) is 100 cm³/mol. The van der Waals surface area contributed by atoms with E-state index in [1.165, 1.54) is 0 Å². The molecule has 1 atom stereocenters. The molecule has 0 aromatic heterocycles. The van der Waals surface area contributed by atoms with Crippen LogP contribution in [0, 0.1) is 5.92 Å². The molecule has 1 N–H and O–H groups in total. The van der Waals surface area contributed by atoms with Crippen molar-refractivity contribution in [1.82, 2.24) is 5.32 Å². The Balaban J connectivity index is 0.00000264. The number of benzene rings is 1. The number of nitrogens with zero attached hydrogens (tertiary/aromatic N) is 1. The second kappa shape index (κ2) is 11.0. The van der Waals surface area contributed by atoms with Crippen molar-refractivity contribution in [3.05, 3.63) is 28.7 Å². The van der Waals surface area contributed by atoms with Crippen LogP contribution in [0.2, 0.25) is 0 Å². The standard InChI is InChI=1S/C17H25BrN2O2.ClH/c1-2-3-11-22-12-10-20(16-6-4-15(18)5-7-16)17(21)14-8-9-19-13-14;/h4-7,14,19H,2-3,8-13H2,1H3;1H. The Labute approximate surface area is 153 Å². The molecule has 0 spiro atoms. The van der Waals surface area contributed by atoms with Crippen molar-refractivity contribution in [2.45, 2.75) is 26.2 Å². The summed E-state index contributed by atoms with van der Waals surface area (Å²) in [4.78, 5) is 14.6. The number of unbranched alkanes of at least 4 members (excludes halogenated alkanes) is 1. The van der Waals surface area contributed by atoms with E-state index in [-0.39, 0.29) is 24.2 Å². The van der Waals surface area contributed by atoms with Gasteiger partial charge in [0.2, 0.25) is 5.91 Å². The van der Waals surface area contributed by atoms with Crippen LogP contribution in [0.3, 0.4) is 0 Å². The Bertz CT molecular complexity index is 464. The highest BCUT2D eigenvalue weighted by Crippen LogP contribution is 2.22. The number of hydrogen-bond donors (Lipinski definition) is 1. The Morgan fingerprint density at radius 3 is 2.70 bits per heavy atom. The van der Waals surface area contributed by atoms with Crippen LogP contribution in [0.5, 0.6) is 0 Å². The van der Waals surface area contributed by atoms with E-state index in [1.807, 2.05) is 29.2 Å². The molecular formula is C17H26BrClN2O2. The summed E-state index contributed by atoms with van der Waals surface area (Å²) < 4.78 is 6.66. The van der Waals surface area contributed by atoms with Crippen molar-refractivity contribution in [2.24, 2.45) is 5.92 Å². The first-order chi connectivity index (χ1) is 10.7. The van der Waals surface area contributed by atoms with Crippen LogP contribution in [0.1, 0.15) is 26.2 Å². The van der Waals surface area contributed by atoms with E-state index in [0.717, 1.165) is 49.1 Å². The molecule has 1 aromatic rings. The largest absolute Gasteiger partial charge is 0.380 e. The van der Waals surface area contributed by atoms with Crippen LogP contribution >= 0.6 is 28.3 Å². The molecule has 0 radical (unpaired) electrons. The Hall–Kier alpha value is -0.620. The molecular weight excluding hydrogens is 380 g/mol.